The molecule has 0 fully saturated rings. The third-order valence-electron chi connectivity index (χ3n) is 4.39. The van der Waals surface area contributed by atoms with E-state index in [-0.39, 0.29) is 30.0 Å². The second kappa shape index (κ2) is 11.9. The Kier molecular flexibility index (Phi) is 10.3. The van der Waals surface area contributed by atoms with Gasteiger partial charge in [-0.2, -0.15) is 0 Å². The summed E-state index contributed by atoms with van der Waals surface area (Å²) in [5, 5.41) is 15.1. The lowest BCUT2D eigenvalue weighted by atomic mass is 10.0. The minimum absolute atomic E-state index is 0. The molecule has 1 heterocycles. The highest BCUT2D eigenvalue weighted by Crippen LogP contribution is 2.16. The van der Waals surface area contributed by atoms with Crippen LogP contribution in [0.1, 0.15) is 42.2 Å². The molecule has 2 N–H and O–H groups in total. The van der Waals surface area contributed by atoms with E-state index in [1.165, 1.54) is 11.1 Å². The summed E-state index contributed by atoms with van der Waals surface area (Å²) in [7, 11) is 3.67. The van der Waals surface area contributed by atoms with Gasteiger partial charge in [0.15, 0.2) is 11.8 Å². The van der Waals surface area contributed by atoms with Gasteiger partial charge in [-0.15, -0.1) is 34.2 Å². The second-order valence-electron chi connectivity index (χ2n) is 6.38. The van der Waals surface area contributed by atoms with Gasteiger partial charge in [0.1, 0.15) is 12.4 Å². The smallest absolute Gasteiger partial charge is 0.192 e. The van der Waals surface area contributed by atoms with Crippen LogP contribution in [-0.4, -0.2) is 41.0 Å². The average Bonchev–Trinajstić information content (AvgIpc) is 2.95. The molecular formula is C19H31IN6O. The first-order chi connectivity index (χ1) is 12.5. The molecule has 0 bridgehead atoms. The molecule has 0 spiro atoms. The van der Waals surface area contributed by atoms with Crippen LogP contribution in [0.15, 0.2) is 29.3 Å². The van der Waals surface area contributed by atoms with Gasteiger partial charge in [-0.3, -0.25) is 0 Å². The topological polar surface area (TPSA) is 76.4 Å². The number of nitrogens with zero attached hydrogens (tertiary/aromatic N) is 4. The molecule has 8 heteroatoms. The van der Waals surface area contributed by atoms with Gasteiger partial charge in [-0.05, 0) is 38.3 Å². The Bertz CT molecular complexity index is 731. The van der Waals surface area contributed by atoms with Crippen LogP contribution in [-0.2, 0) is 18.3 Å². The van der Waals surface area contributed by atoms with E-state index in [1.807, 2.05) is 18.5 Å². The zero-order valence-corrected chi connectivity index (χ0v) is 19.2. The molecule has 7 nitrogen and oxygen atoms in total. The predicted octanol–water partition coefficient (Wildman–Crippen LogP) is 2.88. The number of guanidine groups is 1. The normalized spacial score (nSPS) is 12.4. The van der Waals surface area contributed by atoms with Crippen molar-refractivity contribution >= 4 is 29.9 Å². The Morgan fingerprint density at radius 1 is 1.26 bits per heavy atom. The number of aromatic nitrogens is 3. The van der Waals surface area contributed by atoms with Crippen molar-refractivity contribution in [2.24, 2.45) is 12.0 Å². The van der Waals surface area contributed by atoms with Crippen molar-refractivity contribution in [3.63, 3.8) is 0 Å². The van der Waals surface area contributed by atoms with E-state index in [4.69, 9.17) is 9.73 Å². The van der Waals surface area contributed by atoms with E-state index >= 15 is 0 Å². The maximum atomic E-state index is 5.12. The Morgan fingerprint density at radius 3 is 2.63 bits per heavy atom. The summed E-state index contributed by atoms with van der Waals surface area (Å²) in [4.78, 5) is 4.69. The van der Waals surface area contributed by atoms with E-state index < -0.39 is 0 Å². The van der Waals surface area contributed by atoms with Crippen LogP contribution in [0.4, 0.5) is 0 Å². The van der Waals surface area contributed by atoms with Gasteiger partial charge in [0.2, 0.25) is 0 Å². The molecule has 150 valence electrons. The van der Waals surface area contributed by atoms with E-state index in [9.17, 15) is 0 Å². The summed E-state index contributed by atoms with van der Waals surface area (Å²) in [5.41, 5.74) is 2.52. The number of benzene rings is 1. The third kappa shape index (κ3) is 7.10. The zero-order chi connectivity index (χ0) is 18.9. The van der Waals surface area contributed by atoms with Gasteiger partial charge < -0.3 is 19.9 Å². The number of rotatable bonds is 8. The first-order valence-electron chi connectivity index (χ1n) is 8.97. The first-order valence-corrected chi connectivity index (χ1v) is 8.97. The summed E-state index contributed by atoms with van der Waals surface area (Å²) < 4.78 is 7.07. The Balaban J connectivity index is 0.00000364. The largest absolute Gasteiger partial charge is 0.385 e. The lowest BCUT2D eigenvalue weighted by molar-refractivity contribution is 0.195. The van der Waals surface area contributed by atoms with Crippen LogP contribution in [0.5, 0.6) is 0 Å². The van der Waals surface area contributed by atoms with Gasteiger partial charge in [0, 0.05) is 27.3 Å². The fraction of sp³-hybridized carbons (Fsp3) is 0.526. The van der Waals surface area contributed by atoms with E-state index in [2.05, 4.69) is 58.9 Å². The highest BCUT2D eigenvalue weighted by atomic mass is 127. The zero-order valence-electron chi connectivity index (χ0n) is 16.8. The van der Waals surface area contributed by atoms with Crippen LogP contribution >= 0.6 is 24.0 Å². The lowest BCUT2D eigenvalue weighted by Gasteiger charge is -2.20. The number of methoxy groups -OCH3 is 1. The number of nitrogens with one attached hydrogen (secondary N) is 2. The molecule has 0 saturated heterocycles. The van der Waals surface area contributed by atoms with Crippen LogP contribution in [0, 0.1) is 13.8 Å². The highest BCUT2D eigenvalue weighted by molar-refractivity contribution is 14.0. The number of hydrogen-bond acceptors (Lipinski definition) is 4. The van der Waals surface area contributed by atoms with Crippen molar-refractivity contribution in [1.82, 2.24) is 25.4 Å². The van der Waals surface area contributed by atoms with Gasteiger partial charge in [0.25, 0.3) is 0 Å². The standard InChI is InChI=1S/C19H30N6O.HI/c1-14-9-6-7-10-17(14)15(2)22-19(20-11-8-12-26-5)21-13-18-24-23-16(3)25(18)4;/h6-7,9-10,15H,8,11-13H2,1-5H3,(H2,20,21,22);1H. The van der Waals surface area contributed by atoms with Crippen molar-refractivity contribution in [2.75, 3.05) is 20.3 Å². The maximum absolute atomic E-state index is 5.12. The van der Waals surface area contributed by atoms with Crippen LogP contribution in [0.3, 0.4) is 0 Å². The molecule has 0 aliphatic rings. The Morgan fingerprint density at radius 2 is 2.00 bits per heavy atom. The SMILES string of the molecule is COCCCNC(=NCc1nnc(C)n1C)NC(C)c1ccccc1C.I. The molecule has 0 amide bonds. The molecule has 0 aliphatic heterocycles. The summed E-state index contributed by atoms with van der Waals surface area (Å²) in [6.07, 6.45) is 0.916. The first kappa shape index (κ1) is 23.4. The maximum Gasteiger partial charge on any atom is 0.192 e. The number of aliphatic imine (C=N–C) groups is 1. The summed E-state index contributed by atoms with van der Waals surface area (Å²) in [6.45, 7) is 8.17. The number of halogens is 1. The van der Waals surface area contributed by atoms with Crippen LogP contribution < -0.4 is 10.6 Å². The van der Waals surface area contributed by atoms with Crippen molar-refractivity contribution in [3.8, 4) is 0 Å². The molecule has 1 unspecified atom stereocenters. The highest BCUT2D eigenvalue weighted by Gasteiger charge is 2.11. The molecule has 1 aromatic carbocycles. The number of aryl methyl sites for hydroxylation is 2. The fourth-order valence-electron chi connectivity index (χ4n) is 2.67. The Labute approximate surface area is 179 Å². The molecule has 0 saturated carbocycles. The molecule has 1 aromatic heterocycles. The quantitative estimate of drug-likeness (QED) is 0.260. The minimum Gasteiger partial charge on any atom is -0.385 e. The van der Waals surface area contributed by atoms with Gasteiger partial charge in [-0.1, -0.05) is 24.3 Å². The number of ether oxygens (including phenoxy) is 1. The van der Waals surface area contributed by atoms with Gasteiger partial charge in [0.05, 0.1) is 6.04 Å². The van der Waals surface area contributed by atoms with Gasteiger partial charge >= 0.3 is 0 Å². The van der Waals surface area contributed by atoms with Crippen molar-refractivity contribution in [1.29, 1.82) is 0 Å². The lowest BCUT2D eigenvalue weighted by Crippen LogP contribution is -2.39. The fourth-order valence-corrected chi connectivity index (χ4v) is 2.67. The summed E-state index contributed by atoms with van der Waals surface area (Å²) >= 11 is 0. The molecular weight excluding hydrogens is 455 g/mol. The molecule has 27 heavy (non-hydrogen) atoms. The summed E-state index contributed by atoms with van der Waals surface area (Å²) in [6, 6.07) is 8.53. The third-order valence-corrected chi connectivity index (χ3v) is 4.39. The second-order valence-corrected chi connectivity index (χ2v) is 6.38. The molecule has 2 rings (SSSR count). The molecule has 1 atom stereocenters. The van der Waals surface area contributed by atoms with E-state index in [1.54, 1.807) is 7.11 Å². The van der Waals surface area contributed by atoms with Crippen molar-refractivity contribution in [3.05, 3.63) is 47.0 Å². The molecule has 0 radical (unpaired) electrons. The average molecular weight is 486 g/mol. The van der Waals surface area contributed by atoms with Crippen LogP contribution in [0.2, 0.25) is 0 Å². The van der Waals surface area contributed by atoms with Gasteiger partial charge in [-0.25, -0.2) is 4.99 Å². The number of hydrogen-bond donors (Lipinski definition) is 2. The molecule has 0 aliphatic carbocycles. The Hall–Kier alpha value is -1.68. The molecule has 2 aromatic rings. The predicted molar refractivity (Wildman–Crippen MR) is 120 cm³/mol. The van der Waals surface area contributed by atoms with Crippen LogP contribution in [0.25, 0.3) is 0 Å². The minimum atomic E-state index is 0. The monoisotopic (exact) mass is 486 g/mol. The van der Waals surface area contributed by atoms with E-state index in [0.29, 0.717) is 6.54 Å². The summed E-state index contributed by atoms with van der Waals surface area (Å²) in [5.74, 6) is 2.48. The van der Waals surface area contributed by atoms with Crippen molar-refractivity contribution in [2.45, 2.75) is 39.8 Å². The van der Waals surface area contributed by atoms with E-state index in [0.717, 1.165) is 37.2 Å². The van der Waals surface area contributed by atoms with Crippen molar-refractivity contribution < 1.29 is 4.74 Å².